The van der Waals surface area contributed by atoms with E-state index in [1.54, 1.807) is 0 Å². The van der Waals surface area contributed by atoms with Gasteiger partial charge < -0.3 is 26.1 Å². The summed E-state index contributed by atoms with van der Waals surface area (Å²) in [6, 6.07) is 17.9. The quantitative estimate of drug-likeness (QED) is 0.232. The van der Waals surface area contributed by atoms with Crippen LogP contribution in [0.15, 0.2) is 54.6 Å². The molecular weight excluding hydrogens is 440 g/mol. The number of carbonyl (C=O) groups is 1. The lowest BCUT2D eigenvalue weighted by atomic mass is 9.98. The average molecular weight is 471 g/mol. The van der Waals surface area contributed by atoms with Crippen molar-refractivity contribution in [1.29, 1.82) is 5.41 Å². The van der Waals surface area contributed by atoms with Crippen LogP contribution >= 0.6 is 0 Å². The van der Waals surface area contributed by atoms with E-state index in [0.29, 0.717) is 18.5 Å². The molecule has 4 aromatic rings. The van der Waals surface area contributed by atoms with Gasteiger partial charge in [0.15, 0.2) is 0 Å². The minimum absolute atomic E-state index is 0.0441. The number of carbonyl (C=O) groups excluding carboxylic acids is 1. The molecule has 8 nitrogen and oxygen atoms in total. The largest absolute Gasteiger partial charge is 0.490 e. The molecule has 1 fully saturated rings. The van der Waals surface area contributed by atoms with Gasteiger partial charge in [-0.2, -0.15) is 0 Å². The van der Waals surface area contributed by atoms with Gasteiger partial charge in [-0.05, 0) is 54.4 Å². The lowest BCUT2D eigenvalue weighted by Crippen LogP contribution is -2.34. The summed E-state index contributed by atoms with van der Waals surface area (Å²) < 4.78 is 8.44. The summed E-state index contributed by atoms with van der Waals surface area (Å²) >= 11 is 0. The number of nitrogens with one attached hydrogen (secondary N) is 2. The van der Waals surface area contributed by atoms with E-state index in [0.717, 1.165) is 64.9 Å². The summed E-state index contributed by atoms with van der Waals surface area (Å²) in [6.45, 7) is 2.48. The number of hydrogen-bond donors (Lipinski definition) is 4. The van der Waals surface area contributed by atoms with Crippen LogP contribution in [0.3, 0.4) is 0 Å². The van der Waals surface area contributed by atoms with E-state index in [9.17, 15) is 4.79 Å². The van der Waals surface area contributed by atoms with Crippen molar-refractivity contribution < 1.29 is 9.53 Å². The van der Waals surface area contributed by atoms with Crippen molar-refractivity contribution in [2.75, 3.05) is 13.1 Å². The first-order valence-corrected chi connectivity index (χ1v) is 12.0. The van der Waals surface area contributed by atoms with E-state index in [4.69, 9.17) is 26.6 Å². The Morgan fingerprint density at radius 3 is 2.60 bits per heavy atom. The number of nitrogen functional groups attached to an aromatic ring is 1. The van der Waals surface area contributed by atoms with Gasteiger partial charge in [-0.15, -0.1) is 0 Å². The molecule has 3 aromatic carbocycles. The van der Waals surface area contributed by atoms with E-state index in [1.165, 1.54) is 0 Å². The third-order valence-electron chi connectivity index (χ3n) is 6.62. The van der Waals surface area contributed by atoms with Crippen LogP contribution in [0.4, 0.5) is 0 Å². The number of benzene rings is 3. The summed E-state index contributed by atoms with van der Waals surface area (Å²) in [5.41, 5.74) is 14.9. The zero-order valence-electron chi connectivity index (χ0n) is 19.6. The Labute approximate surface area is 203 Å². The maximum atomic E-state index is 11.5. The van der Waals surface area contributed by atoms with Crippen molar-refractivity contribution in [2.24, 2.45) is 11.5 Å². The van der Waals surface area contributed by atoms with Crippen molar-refractivity contribution in [3.8, 4) is 5.75 Å². The third-order valence-corrected chi connectivity index (χ3v) is 6.62. The standard InChI is InChI=1S/C27H30N6O2/c28-25(34)9-10-26-32-23-8-6-19(35-18-11-13-31-14-12-18)15-24(23)33(26)16-17-5-7-22(27(29)30)21-4-2-1-3-20(17)21/h1-8,15,18,31H,9-14,16H2,(H2,28,34)(H3,29,30). The number of primary amides is 1. The van der Waals surface area contributed by atoms with E-state index < -0.39 is 0 Å². The SMILES string of the molecule is N=C(N)c1ccc(Cn2c(CCC(N)=O)nc3ccc(OC4CCNCC4)cc32)c2ccccc12. The molecule has 2 heterocycles. The molecule has 0 atom stereocenters. The first-order valence-electron chi connectivity index (χ1n) is 12.0. The monoisotopic (exact) mass is 470 g/mol. The fraction of sp³-hybridized carbons (Fsp3) is 0.296. The number of hydrogen-bond acceptors (Lipinski definition) is 5. The maximum absolute atomic E-state index is 11.5. The van der Waals surface area contributed by atoms with Crippen LogP contribution in [0.25, 0.3) is 21.8 Å². The van der Waals surface area contributed by atoms with Crippen molar-refractivity contribution in [3.05, 3.63) is 71.5 Å². The van der Waals surface area contributed by atoms with Crippen molar-refractivity contribution >= 4 is 33.5 Å². The number of amides is 1. The molecule has 6 N–H and O–H groups in total. The zero-order chi connectivity index (χ0) is 24.4. The third kappa shape index (κ3) is 4.83. The topological polar surface area (TPSA) is 132 Å². The fourth-order valence-corrected chi connectivity index (χ4v) is 4.84. The van der Waals surface area contributed by atoms with Gasteiger partial charge >= 0.3 is 0 Å². The Balaban J connectivity index is 1.57. The Bertz CT molecular complexity index is 1400. The number of imidazole rings is 1. The summed E-state index contributed by atoms with van der Waals surface area (Å²) in [6.07, 6.45) is 2.84. The van der Waals surface area contributed by atoms with Crippen LogP contribution < -0.4 is 21.5 Å². The minimum atomic E-state index is -0.352. The van der Waals surface area contributed by atoms with Gasteiger partial charge in [0.05, 0.1) is 11.0 Å². The number of nitrogens with two attached hydrogens (primary N) is 2. The van der Waals surface area contributed by atoms with E-state index in [1.807, 2.05) is 54.6 Å². The minimum Gasteiger partial charge on any atom is -0.490 e. The number of aromatic nitrogens is 2. The fourth-order valence-electron chi connectivity index (χ4n) is 4.84. The van der Waals surface area contributed by atoms with Gasteiger partial charge in [0.1, 0.15) is 23.5 Å². The van der Waals surface area contributed by atoms with Gasteiger partial charge in [-0.25, -0.2) is 4.98 Å². The molecule has 1 aliphatic rings. The van der Waals surface area contributed by atoms with Gasteiger partial charge in [0.2, 0.25) is 5.91 Å². The molecule has 8 heteroatoms. The van der Waals surface area contributed by atoms with Crippen molar-refractivity contribution in [2.45, 2.75) is 38.3 Å². The van der Waals surface area contributed by atoms with Crippen LogP contribution in [0.5, 0.6) is 5.75 Å². The molecule has 0 bridgehead atoms. The summed E-state index contributed by atoms with van der Waals surface area (Å²) in [7, 11) is 0. The highest BCUT2D eigenvalue weighted by atomic mass is 16.5. The lowest BCUT2D eigenvalue weighted by molar-refractivity contribution is -0.118. The van der Waals surface area contributed by atoms with Gasteiger partial charge in [0.25, 0.3) is 0 Å². The van der Waals surface area contributed by atoms with Crippen LogP contribution in [0, 0.1) is 5.41 Å². The zero-order valence-corrected chi connectivity index (χ0v) is 19.6. The van der Waals surface area contributed by atoms with Gasteiger partial charge in [-0.1, -0.05) is 36.4 Å². The second kappa shape index (κ2) is 9.76. The molecule has 0 aliphatic carbocycles. The molecule has 1 saturated heterocycles. The van der Waals surface area contributed by atoms with E-state index >= 15 is 0 Å². The van der Waals surface area contributed by atoms with Crippen LogP contribution in [-0.2, 0) is 17.8 Å². The molecule has 0 spiro atoms. The molecule has 35 heavy (non-hydrogen) atoms. The first-order chi connectivity index (χ1) is 17.0. The van der Waals surface area contributed by atoms with Crippen LogP contribution in [0.2, 0.25) is 0 Å². The predicted molar refractivity (Wildman–Crippen MR) is 138 cm³/mol. The number of rotatable bonds is 8. The molecule has 1 aliphatic heterocycles. The number of fused-ring (bicyclic) bond motifs is 2. The molecule has 180 valence electrons. The molecule has 1 aromatic heterocycles. The number of nitrogens with zero attached hydrogens (tertiary/aromatic N) is 2. The normalized spacial score (nSPS) is 14.4. The summed E-state index contributed by atoms with van der Waals surface area (Å²) in [5.74, 6) is 1.32. The number of ether oxygens (including phenoxy) is 1. The van der Waals surface area contributed by atoms with Gasteiger partial charge in [0, 0.05) is 31.0 Å². The highest BCUT2D eigenvalue weighted by Gasteiger charge is 2.18. The van der Waals surface area contributed by atoms with E-state index in [-0.39, 0.29) is 24.3 Å². The second-order valence-electron chi connectivity index (χ2n) is 9.03. The van der Waals surface area contributed by atoms with Crippen molar-refractivity contribution in [3.63, 3.8) is 0 Å². The summed E-state index contributed by atoms with van der Waals surface area (Å²) in [5, 5.41) is 13.3. The van der Waals surface area contributed by atoms with Crippen LogP contribution in [0.1, 0.15) is 36.2 Å². The number of piperidine rings is 1. The highest BCUT2D eigenvalue weighted by Crippen LogP contribution is 2.28. The highest BCUT2D eigenvalue weighted by molar-refractivity contribution is 6.08. The Kier molecular flexibility index (Phi) is 6.37. The second-order valence-corrected chi connectivity index (χ2v) is 9.03. The maximum Gasteiger partial charge on any atom is 0.217 e. The predicted octanol–water partition coefficient (Wildman–Crippen LogP) is 3.07. The Hall–Kier alpha value is -3.91. The number of amidine groups is 1. The lowest BCUT2D eigenvalue weighted by Gasteiger charge is -2.23. The van der Waals surface area contributed by atoms with E-state index in [2.05, 4.69) is 9.88 Å². The Morgan fingerprint density at radius 1 is 1.09 bits per heavy atom. The Morgan fingerprint density at radius 2 is 1.86 bits per heavy atom. The molecule has 0 saturated carbocycles. The van der Waals surface area contributed by atoms with Crippen molar-refractivity contribution in [1.82, 2.24) is 14.9 Å². The molecular formula is C27H30N6O2. The first kappa shape index (κ1) is 22.9. The average Bonchev–Trinajstić information content (AvgIpc) is 3.20. The number of aryl methyl sites for hydroxylation is 1. The molecule has 0 radical (unpaired) electrons. The van der Waals surface area contributed by atoms with Gasteiger partial charge in [-0.3, -0.25) is 10.2 Å². The molecule has 5 rings (SSSR count). The smallest absolute Gasteiger partial charge is 0.217 e. The summed E-state index contributed by atoms with van der Waals surface area (Å²) in [4.78, 5) is 16.4. The molecule has 0 unspecified atom stereocenters. The molecule has 1 amide bonds. The van der Waals surface area contributed by atoms with Crippen LogP contribution in [-0.4, -0.2) is 40.5 Å².